The first-order valence-electron chi connectivity index (χ1n) is 8.07. The Morgan fingerprint density at radius 2 is 1.11 bits per heavy atom. The quantitative estimate of drug-likeness (QED) is 0.182. The van der Waals surface area contributed by atoms with Gasteiger partial charge in [-0.3, -0.25) is 14.4 Å². The normalized spacial score (nSPS) is 8.70. The Labute approximate surface area is 165 Å². The Morgan fingerprint density at radius 1 is 0.778 bits per heavy atom. The Kier molecular flexibility index (Phi) is 28.8. The molecule has 0 aromatic heterocycles. The van der Waals surface area contributed by atoms with Crippen molar-refractivity contribution in [3.8, 4) is 0 Å². The third-order valence-electron chi connectivity index (χ3n) is 2.15. The molecule has 0 rings (SSSR count). The Hall–Kier alpha value is -2.04. The molecule has 0 aliphatic rings. The highest BCUT2D eigenvalue weighted by Crippen LogP contribution is 1.75. The van der Waals surface area contributed by atoms with E-state index in [0.29, 0.717) is 52.6 Å². The molecule has 0 radical (unpaired) electrons. The van der Waals surface area contributed by atoms with Crippen molar-refractivity contribution in [1.29, 1.82) is 0 Å². The summed E-state index contributed by atoms with van der Waals surface area (Å²) in [5, 5.41) is 4.61. The van der Waals surface area contributed by atoms with Gasteiger partial charge in [-0.25, -0.2) is 0 Å². The number of nitrogens with one attached hydrogen (secondary N) is 2. The molecule has 27 heavy (non-hydrogen) atoms. The minimum Gasteiger partial charge on any atom is -0.379 e. The predicted octanol–water partition coefficient (Wildman–Crippen LogP) is -0.534. The highest BCUT2D eigenvalue weighted by atomic mass is 35.5. The highest BCUT2D eigenvalue weighted by molar-refractivity contribution is 6.66. The number of carbonyl (C=O) groups is 3. The molecule has 0 aromatic rings. The maximum atomic E-state index is 10.7. The zero-order valence-electron chi connectivity index (χ0n) is 15.6. The van der Waals surface area contributed by atoms with Gasteiger partial charge in [-0.05, 0) is 29.8 Å². The molecule has 0 spiro atoms. The van der Waals surface area contributed by atoms with Crippen molar-refractivity contribution < 1.29 is 23.9 Å². The van der Waals surface area contributed by atoms with E-state index in [0.717, 1.165) is 6.08 Å². The van der Waals surface area contributed by atoms with Gasteiger partial charge in [-0.1, -0.05) is 19.7 Å². The number of hydrogen-bond acceptors (Lipinski definition) is 7. The minimum absolute atomic E-state index is 0.224. The van der Waals surface area contributed by atoms with Crippen LogP contribution in [-0.4, -0.2) is 69.7 Å². The summed E-state index contributed by atoms with van der Waals surface area (Å²) >= 11 is 4.71. The van der Waals surface area contributed by atoms with E-state index in [2.05, 4.69) is 30.4 Å². The summed E-state index contributed by atoms with van der Waals surface area (Å²) in [5.41, 5.74) is 10.2. The molecule has 0 bridgehead atoms. The van der Waals surface area contributed by atoms with E-state index in [1.807, 2.05) is 0 Å². The van der Waals surface area contributed by atoms with Crippen molar-refractivity contribution in [3.05, 3.63) is 38.0 Å². The van der Waals surface area contributed by atoms with Crippen LogP contribution in [0.1, 0.15) is 0 Å². The van der Waals surface area contributed by atoms with E-state index in [4.69, 9.17) is 32.5 Å². The van der Waals surface area contributed by atoms with Crippen LogP contribution in [0.4, 0.5) is 0 Å². The van der Waals surface area contributed by atoms with Crippen LogP contribution in [0.15, 0.2) is 38.0 Å². The van der Waals surface area contributed by atoms with Crippen LogP contribution in [0.25, 0.3) is 0 Å². The van der Waals surface area contributed by atoms with Gasteiger partial charge in [-0.15, -0.1) is 0 Å². The summed E-state index contributed by atoms with van der Waals surface area (Å²) in [5.74, 6) is -0.447. The van der Waals surface area contributed by atoms with Crippen LogP contribution in [0.5, 0.6) is 0 Å². The first-order valence-corrected chi connectivity index (χ1v) is 8.45. The largest absolute Gasteiger partial charge is 0.379 e. The lowest BCUT2D eigenvalue weighted by Gasteiger charge is -2.05. The molecule has 156 valence electrons. The molecular weight excluding hydrogens is 376 g/mol. The predicted molar refractivity (Wildman–Crippen MR) is 107 cm³/mol. The van der Waals surface area contributed by atoms with Gasteiger partial charge >= 0.3 is 0 Å². The molecule has 0 aliphatic heterocycles. The molecule has 0 unspecified atom stereocenters. The first kappa shape index (κ1) is 29.7. The average Bonchev–Trinajstić information content (AvgIpc) is 2.68. The van der Waals surface area contributed by atoms with Crippen molar-refractivity contribution >= 4 is 28.7 Å². The van der Waals surface area contributed by atoms with E-state index in [-0.39, 0.29) is 11.8 Å². The number of halogens is 1. The summed E-state index contributed by atoms with van der Waals surface area (Å²) in [7, 11) is 0. The van der Waals surface area contributed by atoms with Crippen molar-refractivity contribution in [1.82, 2.24) is 10.6 Å². The number of hydrogen-bond donors (Lipinski definition) is 4. The lowest BCUT2D eigenvalue weighted by atomic mass is 10.5. The Balaban J connectivity index is -0.000000396. The lowest BCUT2D eigenvalue weighted by molar-refractivity contribution is -0.117. The third kappa shape index (κ3) is 35.8. The summed E-state index contributed by atoms with van der Waals surface area (Å²) < 4.78 is 10.0. The van der Waals surface area contributed by atoms with E-state index in [1.54, 1.807) is 0 Å². The number of nitrogens with two attached hydrogens (primary N) is 2. The van der Waals surface area contributed by atoms with Gasteiger partial charge < -0.3 is 31.6 Å². The highest BCUT2D eigenvalue weighted by Gasteiger charge is 1.94. The second-order valence-corrected chi connectivity index (χ2v) is 4.67. The molecule has 0 aliphatic carbocycles. The van der Waals surface area contributed by atoms with Crippen LogP contribution >= 0.6 is 11.6 Å². The molecule has 0 fully saturated rings. The second-order valence-electron chi connectivity index (χ2n) is 4.30. The molecular formula is C17H31ClN4O5. The lowest BCUT2D eigenvalue weighted by Crippen LogP contribution is -2.28. The monoisotopic (exact) mass is 406 g/mol. The van der Waals surface area contributed by atoms with Crippen LogP contribution in [0.3, 0.4) is 0 Å². The zero-order valence-corrected chi connectivity index (χ0v) is 16.3. The van der Waals surface area contributed by atoms with Crippen molar-refractivity contribution in [3.63, 3.8) is 0 Å². The van der Waals surface area contributed by atoms with Gasteiger partial charge in [0.25, 0.3) is 0 Å². The SMILES string of the molecule is C=CC(=O)Cl.C=CC(=O)NCCOCCNC(=O)C=C.NCCOCCN. The Bertz CT molecular complexity index is 406. The molecule has 0 aromatic carbocycles. The molecule has 2 amide bonds. The second kappa shape index (κ2) is 26.2. The standard InChI is InChI=1S/C10H16N2O3.C4H12N2O.C3H3ClO/c1-3-9(13)11-5-7-15-8-6-12-10(14)4-2;5-1-3-7-4-2-6;1-2-3(4)5/h3-4H,1-2,5-8H2,(H,11,13)(H,12,14);1-6H2;2H,1H2. The number of allylic oxidation sites excluding steroid dienone is 1. The van der Waals surface area contributed by atoms with Crippen molar-refractivity contribution in [2.45, 2.75) is 0 Å². The van der Waals surface area contributed by atoms with Gasteiger partial charge in [0.2, 0.25) is 17.1 Å². The van der Waals surface area contributed by atoms with Gasteiger partial charge in [0.15, 0.2) is 0 Å². The molecule has 0 saturated carbocycles. The van der Waals surface area contributed by atoms with Crippen LogP contribution < -0.4 is 22.1 Å². The molecule has 9 nitrogen and oxygen atoms in total. The fraction of sp³-hybridized carbons (Fsp3) is 0.471. The van der Waals surface area contributed by atoms with E-state index in [1.165, 1.54) is 12.2 Å². The number of rotatable bonds is 13. The van der Waals surface area contributed by atoms with Gasteiger partial charge in [0.05, 0.1) is 26.4 Å². The average molecular weight is 407 g/mol. The van der Waals surface area contributed by atoms with Crippen LogP contribution in [-0.2, 0) is 23.9 Å². The first-order chi connectivity index (χ1) is 12.9. The van der Waals surface area contributed by atoms with Gasteiger partial charge in [0, 0.05) is 26.2 Å². The summed E-state index contributed by atoms with van der Waals surface area (Å²) in [6.45, 7) is 13.8. The van der Waals surface area contributed by atoms with Gasteiger partial charge in [-0.2, -0.15) is 0 Å². The molecule has 0 atom stereocenters. The molecule has 0 heterocycles. The van der Waals surface area contributed by atoms with Crippen LogP contribution in [0, 0.1) is 0 Å². The van der Waals surface area contributed by atoms with E-state index >= 15 is 0 Å². The van der Waals surface area contributed by atoms with Crippen LogP contribution in [0.2, 0.25) is 0 Å². The fourth-order valence-corrected chi connectivity index (χ4v) is 1.01. The minimum atomic E-state index is -0.509. The number of ether oxygens (including phenoxy) is 2. The van der Waals surface area contributed by atoms with Gasteiger partial charge in [0.1, 0.15) is 0 Å². The maximum Gasteiger partial charge on any atom is 0.244 e. The zero-order chi connectivity index (χ0) is 21.3. The number of amides is 2. The molecule has 10 heteroatoms. The fourth-order valence-electron chi connectivity index (χ4n) is 1.01. The summed E-state index contributed by atoms with van der Waals surface area (Å²) in [6, 6.07) is 0. The van der Waals surface area contributed by atoms with E-state index < -0.39 is 5.24 Å². The summed E-state index contributed by atoms with van der Waals surface area (Å²) in [6.07, 6.45) is 3.44. The Morgan fingerprint density at radius 3 is 1.37 bits per heavy atom. The molecule has 0 saturated heterocycles. The topological polar surface area (TPSA) is 146 Å². The third-order valence-corrected chi connectivity index (χ3v) is 2.30. The number of carbonyl (C=O) groups excluding carboxylic acids is 3. The van der Waals surface area contributed by atoms with Crippen molar-refractivity contribution in [2.75, 3.05) is 52.6 Å². The maximum absolute atomic E-state index is 10.7. The molecule has 6 N–H and O–H groups in total. The van der Waals surface area contributed by atoms with Crippen molar-refractivity contribution in [2.24, 2.45) is 11.5 Å². The van der Waals surface area contributed by atoms with E-state index in [9.17, 15) is 14.4 Å². The summed E-state index contributed by atoms with van der Waals surface area (Å²) in [4.78, 5) is 30.8. The smallest absolute Gasteiger partial charge is 0.244 e.